The Kier molecular flexibility index (Phi) is 7.26. The lowest BCUT2D eigenvalue weighted by atomic mass is 10.1. The summed E-state index contributed by atoms with van der Waals surface area (Å²) in [5, 5.41) is 12.5. The average Bonchev–Trinajstić information content (AvgIpc) is 2.60. The third-order valence-corrected chi connectivity index (χ3v) is 3.61. The van der Waals surface area contributed by atoms with Gasteiger partial charge in [-0.2, -0.15) is 0 Å². The summed E-state index contributed by atoms with van der Waals surface area (Å²) in [6, 6.07) is 16.6. The van der Waals surface area contributed by atoms with Crippen LogP contribution in [0.1, 0.15) is 11.1 Å². The fourth-order valence-corrected chi connectivity index (χ4v) is 2.28. The van der Waals surface area contributed by atoms with Crippen molar-refractivity contribution < 1.29 is 19.4 Å². The van der Waals surface area contributed by atoms with Crippen molar-refractivity contribution in [2.24, 2.45) is 0 Å². The van der Waals surface area contributed by atoms with E-state index in [1.165, 1.54) is 0 Å². The van der Waals surface area contributed by atoms with Crippen LogP contribution in [0.3, 0.4) is 0 Å². The minimum atomic E-state index is -0.849. The molecule has 0 amide bonds. The topological polar surface area (TPSA) is 67.8 Å². The van der Waals surface area contributed by atoms with Crippen LogP contribution in [0.4, 0.5) is 0 Å². The summed E-state index contributed by atoms with van der Waals surface area (Å²) in [4.78, 5) is 11.4. The van der Waals surface area contributed by atoms with Crippen molar-refractivity contribution in [3.8, 4) is 5.75 Å². The molecule has 0 saturated heterocycles. The molecular weight excluding hydrogens is 306 g/mol. The van der Waals surface area contributed by atoms with Crippen molar-refractivity contribution in [3.63, 3.8) is 0 Å². The van der Waals surface area contributed by atoms with Gasteiger partial charge in [0, 0.05) is 13.7 Å². The number of ether oxygens (including phenoxy) is 2. The second kappa shape index (κ2) is 9.70. The van der Waals surface area contributed by atoms with Crippen molar-refractivity contribution in [2.45, 2.75) is 19.0 Å². The van der Waals surface area contributed by atoms with Gasteiger partial charge in [-0.25, -0.2) is 0 Å². The molecule has 24 heavy (non-hydrogen) atoms. The van der Waals surface area contributed by atoms with E-state index in [1.807, 2.05) is 54.6 Å². The normalized spacial score (nSPS) is 11.9. The maximum absolute atomic E-state index is 11.4. The van der Waals surface area contributed by atoms with E-state index in [0.29, 0.717) is 26.2 Å². The molecule has 5 nitrogen and oxygen atoms in total. The molecule has 128 valence electrons. The molecular formula is C19H23NO4. The van der Waals surface area contributed by atoms with Gasteiger partial charge in [0.25, 0.3) is 0 Å². The Hall–Kier alpha value is -2.37. The predicted octanol–water partition coefficient (Wildman–Crippen LogP) is 2.50. The Labute approximate surface area is 142 Å². The van der Waals surface area contributed by atoms with Crippen LogP contribution < -0.4 is 10.1 Å². The van der Waals surface area contributed by atoms with Gasteiger partial charge in [-0.3, -0.25) is 4.79 Å². The van der Waals surface area contributed by atoms with Gasteiger partial charge in [-0.05, 0) is 29.7 Å². The van der Waals surface area contributed by atoms with Crippen molar-refractivity contribution in [3.05, 3.63) is 65.7 Å². The second-order valence-electron chi connectivity index (χ2n) is 5.45. The van der Waals surface area contributed by atoms with Gasteiger partial charge in [0.05, 0.1) is 6.61 Å². The number of methoxy groups -OCH3 is 1. The number of nitrogens with one attached hydrogen (secondary N) is 1. The lowest BCUT2D eigenvalue weighted by molar-refractivity contribution is -0.139. The van der Waals surface area contributed by atoms with E-state index < -0.39 is 12.0 Å². The molecule has 0 radical (unpaired) electrons. The lowest BCUT2D eigenvalue weighted by Crippen LogP contribution is -2.38. The van der Waals surface area contributed by atoms with E-state index in [2.05, 4.69) is 5.32 Å². The summed E-state index contributed by atoms with van der Waals surface area (Å²) in [6.45, 7) is 1.54. The summed E-state index contributed by atoms with van der Waals surface area (Å²) >= 11 is 0. The molecule has 0 aliphatic rings. The number of carboxylic acid groups (broad SMARTS) is 1. The van der Waals surface area contributed by atoms with E-state index in [-0.39, 0.29) is 0 Å². The number of hydrogen-bond donors (Lipinski definition) is 2. The standard InChI is InChI=1S/C19H23NO4/c1-23-11-12-24-17-9-7-16(8-10-17)14-20-18(19(21)22)13-15-5-3-2-4-6-15/h2-10,18,20H,11-14H2,1H3,(H,21,22)/t18-/m1/s1. The molecule has 0 aliphatic carbocycles. The van der Waals surface area contributed by atoms with E-state index in [9.17, 15) is 9.90 Å². The molecule has 2 aromatic rings. The molecule has 5 heteroatoms. The number of aliphatic carboxylic acids is 1. The number of hydrogen-bond acceptors (Lipinski definition) is 4. The molecule has 1 atom stereocenters. The smallest absolute Gasteiger partial charge is 0.321 e. The molecule has 0 aliphatic heterocycles. The number of carboxylic acids is 1. The van der Waals surface area contributed by atoms with Crippen molar-refractivity contribution in [1.82, 2.24) is 5.32 Å². The van der Waals surface area contributed by atoms with Gasteiger partial charge in [0.15, 0.2) is 0 Å². The minimum Gasteiger partial charge on any atom is -0.491 e. The van der Waals surface area contributed by atoms with Crippen molar-refractivity contribution >= 4 is 5.97 Å². The van der Waals surface area contributed by atoms with Gasteiger partial charge in [-0.1, -0.05) is 42.5 Å². The summed E-state index contributed by atoms with van der Waals surface area (Å²) in [5.74, 6) is -0.0757. The van der Waals surface area contributed by atoms with Crippen LogP contribution in [0, 0.1) is 0 Å². The van der Waals surface area contributed by atoms with Gasteiger partial charge in [-0.15, -0.1) is 0 Å². The lowest BCUT2D eigenvalue weighted by Gasteiger charge is -2.15. The maximum Gasteiger partial charge on any atom is 0.321 e. The molecule has 0 bridgehead atoms. The minimum absolute atomic E-state index is 0.453. The zero-order valence-corrected chi connectivity index (χ0v) is 13.8. The Morgan fingerprint density at radius 2 is 1.75 bits per heavy atom. The molecule has 2 rings (SSSR count). The zero-order chi connectivity index (χ0) is 17.2. The molecule has 0 spiro atoms. The van der Waals surface area contributed by atoms with Crippen LogP contribution in [-0.4, -0.2) is 37.4 Å². The van der Waals surface area contributed by atoms with Crippen LogP contribution >= 0.6 is 0 Å². The average molecular weight is 329 g/mol. The molecule has 0 aromatic heterocycles. The second-order valence-corrected chi connectivity index (χ2v) is 5.45. The molecule has 0 unspecified atom stereocenters. The molecule has 0 saturated carbocycles. The Morgan fingerprint density at radius 3 is 2.38 bits per heavy atom. The van der Waals surface area contributed by atoms with Crippen molar-refractivity contribution in [2.75, 3.05) is 20.3 Å². The first-order valence-electron chi connectivity index (χ1n) is 7.90. The summed E-state index contributed by atoms with van der Waals surface area (Å²) < 4.78 is 10.4. The van der Waals surface area contributed by atoms with Crippen LogP contribution in [0.25, 0.3) is 0 Å². The Morgan fingerprint density at radius 1 is 1.04 bits per heavy atom. The molecule has 2 N–H and O–H groups in total. The highest BCUT2D eigenvalue weighted by molar-refractivity contribution is 5.73. The third-order valence-electron chi connectivity index (χ3n) is 3.61. The third kappa shape index (κ3) is 6.02. The van der Waals surface area contributed by atoms with E-state index in [0.717, 1.165) is 16.9 Å². The summed E-state index contributed by atoms with van der Waals surface area (Å²) in [6.07, 6.45) is 0.453. The highest BCUT2D eigenvalue weighted by Crippen LogP contribution is 2.12. The van der Waals surface area contributed by atoms with Crippen molar-refractivity contribution in [1.29, 1.82) is 0 Å². The summed E-state index contributed by atoms with van der Waals surface area (Å²) in [5.41, 5.74) is 2.01. The maximum atomic E-state index is 11.4. The van der Waals surface area contributed by atoms with Gasteiger partial charge in [0.1, 0.15) is 18.4 Å². The Bertz CT molecular complexity index is 613. The van der Waals surface area contributed by atoms with Gasteiger partial charge in [0.2, 0.25) is 0 Å². The fraction of sp³-hybridized carbons (Fsp3) is 0.316. The largest absolute Gasteiger partial charge is 0.491 e. The zero-order valence-electron chi connectivity index (χ0n) is 13.8. The van der Waals surface area contributed by atoms with Crippen LogP contribution in [-0.2, 0) is 22.5 Å². The first-order valence-corrected chi connectivity index (χ1v) is 7.90. The van der Waals surface area contributed by atoms with Crippen LogP contribution in [0.15, 0.2) is 54.6 Å². The number of carbonyl (C=O) groups is 1. The SMILES string of the molecule is COCCOc1ccc(CN[C@H](Cc2ccccc2)C(=O)O)cc1. The fourth-order valence-electron chi connectivity index (χ4n) is 2.28. The van der Waals surface area contributed by atoms with Crippen LogP contribution in [0.5, 0.6) is 5.75 Å². The molecule has 2 aromatic carbocycles. The van der Waals surface area contributed by atoms with E-state index in [4.69, 9.17) is 9.47 Å². The van der Waals surface area contributed by atoms with E-state index in [1.54, 1.807) is 7.11 Å². The summed E-state index contributed by atoms with van der Waals surface area (Å²) in [7, 11) is 1.63. The first-order chi connectivity index (χ1) is 11.7. The van der Waals surface area contributed by atoms with Gasteiger partial charge >= 0.3 is 5.97 Å². The molecule has 0 fully saturated rings. The van der Waals surface area contributed by atoms with E-state index >= 15 is 0 Å². The highest BCUT2D eigenvalue weighted by atomic mass is 16.5. The quantitative estimate of drug-likeness (QED) is 0.656. The monoisotopic (exact) mass is 329 g/mol. The predicted molar refractivity (Wildman–Crippen MR) is 92.2 cm³/mol. The number of rotatable bonds is 10. The van der Waals surface area contributed by atoms with Gasteiger partial charge < -0.3 is 19.9 Å². The Balaban J connectivity index is 1.86. The number of benzene rings is 2. The first kappa shape index (κ1) is 18.0. The van der Waals surface area contributed by atoms with Crippen LogP contribution in [0.2, 0.25) is 0 Å². The highest BCUT2D eigenvalue weighted by Gasteiger charge is 2.17. The molecule has 0 heterocycles.